The Hall–Kier alpha value is -1.54. The van der Waals surface area contributed by atoms with Gasteiger partial charge in [0.25, 0.3) is 5.79 Å². The zero-order valence-corrected chi connectivity index (χ0v) is 18.2. The molecule has 2 aliphatic rings. The lowest BCUT2D eigenvalue weighted by Crippen LogP contribution is -2.74. The van der Waals surface area contributed by atoms with Crippen LogP contribution in [0.4, 0.5) is 0 Å². The molecule has 2 heterocycles. The molecule has 2 aliphatic heterocycles. The number of hydrogen-bond acceptors (Lipinski definition) is 14. The minimum Gasteiger partial charge on any atom is -0.477 e. The fourth-order valence-corrected chi connectivity index (χ4v) is 3.79. The molecule has 198 valence electrons. The zero-order chi connectivity index (χ0) is 26.0. The molecule has 0 bridgehead atoms. The van der Waals surface area contributed by atoms with Gasteiger partial charge in [0.15, 0.2) is 6.29 Å². The maximum Gasteiger partial charge on any atom is 0.367 e. The predicted molar refractivity (Wildman–Crippen MR) is 104 cm³/mol. The van der Waals surface area contributed by atoms with E-state index in [0.29, 0.717) is 0 Å². The monoisotopic (exact) mass is 501 g/mol. The molecule has 0 aromatic carbocycles. The Labute approximate surface area is 192 Å². The molecule has 2 rings (SSSR count). The van der Waals surface area contributed by atoms with Crippen molar-refractivity contribution in [2.45, 2.75) is 80.0 Å². The Morgan fingerprint density at radius 2 is 1.68 bits per heavy atom. The van der Waals surface area contributed by atoms with Gasteiger partial charge in [-0.3, -0.25) is 4.79 Å². The molecule has 0 aromatic heterocycles. The summed E-state index contributed by atoms with van der Waals surface area (Å²) in [7, 11) is 1.12. The first-order chi connectivity index (χ1) is 15.8. The molecule has 1 amide bonds. The highest BCUT2D eigenvalue weighted by Gasteiger charge is 2.62. The van der Waals surface area contributed by atoms with Crippen LogP contribution in [0.15, 0.2) is 0 Å². The van der Waals surface area contributed by atoms with Gasteiger partial charge in [-0.25, -0.2) is 4.79 Å². The second-order valence-corrected chi connectivity index (χ2v) is 8.02. The molecule has 0 spiro atoms. The number of carboxylic acid groups (broad SMARTS) is 1. The van der Waals surface area contributed by atoms with Gasteiger partial charge < -0.3 is 70.2 Å². The average molecular weight is 501 g/mol. The first-order valence-electron chi connectivity index (χ1n) is 10.2. The lowest BCUT2D eigenvalue weighted by molar-refractivity contribution is -0.361. The third-order valence-electron chi connectivity index (χ3n) is 5.69. The van der Waals surface area contributed by atoms with Gasteiger partial charge in [0.1, 0.15) is 54.9 Å². The molecule has 0 aromatic rings. The Kier molecular flexibility index (Phi) is 9.68. The normalized spacial score (nSPS) is 42.6. The first-order valence-corrected chi connectivity index (χ1v) is 10.2. The van der Waals surface area contributed by atoms with Gasteiger partial charge in [0, 0.05) is 14.0 Å². The van der Waals surface area contributed by atoms with E-state index in [2.05, 4.69) is 5.32 Å². The number of rotatable bonds is 9. The number of carbonyl (C=O) groups excluding carboxylic acids is 1. The summed E-state index contributed by atoms with van der Waals surface area (Å²) in [6.45, 7) is -0.889. The van der Waals surface area contributed by atoms with Crippen molar-refractivity contribution in [3.05, 3.63) is 0 Å². The van der Waals surface area contributed by atoms with E-state index in [4.69, 9.17) is 24.1 Å². The molecule has 1 unspecified atom stereocenters. The number of amides is 1. The van der Waals surface area contributed by atoms with E-state index >= 15 is 0 Å². The number of methoxy groups -OCH3 is 1. The Balaban J connectivity index is 2.36. The van der Waals surface area contributed by atoms with E-state index in [-0.39, 0.29) is 0 Å². The van der Waals surface area contributed by atoms with Crippen LogP contribution >= 0.6 is 0 Å². The number of aliphatic carboxylic acids is 1. The predicted octanol–water partition coefficient (Wildman–Crippen LogP) is -6.42. The number of aliphatic hydroxyl groups is 8. The van der Waals surface area contributed by atoms with E-state index in [0.717, 1.165) is 14.0 Å². The summed E-state index contributed by atoms with van der Waals surface area (Å²) in [5.41, 5.74) is 0. The van der Waals surface area contributed by atoms with Crippen molar-refractivity contribution in [2.24, 2.45) is 0 Å². The highest BCUT2D eigenvalue weighted by Crippen LogP contribution is 2.35. The van der Waals surface area contributed by atoms with Crippen molar-refractivity contribution in [2.75, 3.05) is 20.3 Å². The fourth-order valence-electron chi connectivity index (χ4n) is 3.79. The number of carbonyl (C=O) groups is 2. The summed E-state index contributed by atoms with van der Waals surface area (Å²) >= 11 is 0. The second kappa shape index (κ2) is 11.5. The van der Waals surface area contributed by atoms with Gasteiger partial charge in [0.05, 0.1) is 19.3 Å². The Bertz CT molecular complexity index is 709. The molecule has 0 saturated carbocycles. The lowest BCUT2D eigenvalue weighted by Gasteiger charge is -2.49. The van der Waals surface area contributed by atoms with Crippen LogP contribution in [0, 0.1) is 0 Å². The van der Waals surface area contributed by atoms with Gasteiger partial charge in [-0.15, -0.1) is 0 Å². The summed E-state index contributed by atoms with van der Waals surface area (Å²) < 4.78 is 20.6. The van der Waals surface area contributed by atoms with Gasteiger partial charge >= 0.3 is 5.97 Å². The van der Waals surface area contributed by atoms with Gasteiger partial charge in [-0.05, 0) is 0 Å². The third-order valence-corrected chi connectivity index (χ3v) is 5.69. The van der Waals surface area contributed by atoms with Crippen LogP contribution in [0.3, 0.4) is 0 Å². The molecule has 0 aliphatic carbocycles. The third kappa shape index (κ3) is 5.48. The van der Waals surface area contributed by atoms with Crippen LogP contribution in [0.25, 0.3) is 0 Å². The minimum atomic E-state index is -3.14. The highest BCUT2D eigenvalue weighted by molar-refractivity contribution is 5.77. The van der Waals surface area contributed by atoms with Gasteiger partial charge in [-0.1, -0.05) is 0 Å². The highest BCUT2D eigenvalue weighted by atomic mass is 16.8. The molecule has 12 atom stereocenters. The lowest BCUT2D eigenvalue weighted by atomic mass is 9.86. The van der Waals surface area contributed by atoms with Crippen molar-refractivity contribution in [3.63, 3.8) is 0 Å². The topological polar surface area (TPSA) is 265 Å². The molecule has 16 nitrogen and oxygen atoms in total. The van der Waals surface area contributed by atoms with E-state index in [1.54, 1.807) is 0 Å². The van der Waals surface area contributed by atoms with Crippen LogP contribution in [0.1, 0.15) is 6.92 Å². The van der Waals surface area contributed by atoms with Crippen molar-refractivity contribution in [1.82, 2.24) is 5.32 Å². The summed E-state index contributed by atoms with van der Waals surface area (Å²) in [5.74, 6) is -5.91. The van der Waals surface area contributed by atoms with Gasteiger partial charge in [-0.2, -0.15) is 0 Å². The summed E-state index contributed by atoms with van der Waals surface area (Å²) in [5, 5.41) is 92.4. The fraction of sp³-hybridized carbons (Fsp3) is 0.889. The number of nitrogens with one attached hydrogen (secondary N) is 1. The molecule has 34 heavy (non-hydrogen) atoms. The molecular weight excluding hydrogens is 470 g/mol. The molecule has 2 saturated heterocycles. The number of hydrogen-bond donors (Lipinski definition) is 10. The van der Waals surface area contributed by atoms with E-state index in [1.165, 1.54) is 0 Å². The summed E-state index contributed by atoms with van der Waals surface area (Å²) in [4.78, 5) is 23.7. The van der Waals surface area contributed by atoms with Crippen molar-refractivity contribution in [3.8, 4) is 0 Å². The molecule has 16 heteroatoms. The van der Waals surface area contributed by atoms with Crippen molar-refractivity contribution >= 4 is 11.9 Å². The van der Waals surface area contributed by atoms with E-state index in [1.807, 2.05) is 0 Å². The number of aliphatic hydroxyl groups excluding tert-OH is 8. The van der Waals surface area contributed by atoms with E-state index in [9.17, 15) is 50.4 Å². The maximum absolute atomic E-state index is 12.1. The average Bonchev–Trinajstić information content (AvgIpc) is 2.79. The van der Waals surface area contributed by atoms with Crippen LogP contribution in [0.2, 0.25) is 0 Å². The summed E-state index contributed by atoms with van der Waals surface area (Å²) in [6.07, 6.45) is -18.6. The van der Waals surface area contributed by atoms with Crippen molar-refractivity contribution in [1.29, 1.82) is 0 Å². The quantitative estimate of drug-likeness (QED) is 0.141. The van der Waals surface area contributed by atoms with Crippen LogP contribution in [0.5, 0.6) is 0 Å². The van der Waals surface area contributed by atoms with E-state index < -0.39 is 98.1 Å². The smallest absolute Gasteiger partial charge is 0.367 e. The Morgan fingerprint density at radius 3 is 2.18 bits per heavy atom. The van der Waals surface area contributed by atoms with Crippen LogP contribution in [-0.2, 0) is 28.5 Å². The maximum atomic E-state index is 12.1. The SMILES string of the molecule is CO[C@H]1O[C@H](COC2(C(=O)O)O[C@H]([C@@H](O)[C@@H](O)CO)[C@H](NC(C)=O)[C@@H](O)[C@@H]2O)[C@@H](O)[C@H](O)[C@H]1O. The molecule has 10 N–H and O–H groups in total. The number of ether oxygens (including phenoxy) is 4. The molecule has 2 fully saturated rings. The van der Waals surface area contributed by atoms with Gasteiger partial charge in [0.2, 0.25) is 5.91 Å². The standard InChI is InChI=1S/C18H31NO15/c1-5(21)19-8-11(25)15(28)18(17(29)30,34-14(8)9(23)6(22)3-20)32-4-7-10(24)12(26)13(27)16(31-2)33-7/h6-16,20,22-28H,3-4H2,1-2H3,(H,19,21)(H,29,30)/t6-,7+,8+,9-,10+,11+,12-,13+,14-,15-,16-,18?/m0/s1. The minimum absolute atomic E-state index is 0.767. The molecule has 0 radical (unpaired) electrons. The Morgan fingerprint density at radius 1 is 1.06 bits per heavy atom. The molecular formula is C18H31NO15. The van der Waals surface area contributed by atoms with Crippen molar-refractivity contribution < 1.29 is 74.5 Å². The first kappa shape index (κ1) is 28.7. The zero-order valence-electron chi connectivity index (χ0n) is 18.2. The number of carboxylic acids is 1. The van der Waals surface area contributed by atoms with Crippen LogP contribution < -0.4 is 5.32 Å². The largest absolute Gasteiger partial charge is 0.477 e. The second-order valence-electron chi connectivity index (χ2n) is 8.02. The summed E-state index contributed by atoms with van der Waals surface area (Å²) in [6, 6.07) is -1.65. The van der Waals surface area contributed by atoms with Crippen LogP contribution in [-0.4, -0.2) is 151 Å².